The fraction of sp³-hybridized carbons (Fsp3) is 1.00. The SMILES string of the molecule is B[PH](C[PH](=O)[C@@H]1C[C@H](C)CC[C@H]1C(C)C)(C(C)(C)C)C(C)(C)C. The Balaban J connectivity index is 3.06. The molecular weight excluding hydrogens is 317 g/mol. The molecule has 4 atom stereocenters. The fourth-order valence-corrected chi connectivity index (χ4v) is 16.7. The average Bonchev–Trinajstić information content (AvgIpc) is 2.35. The summed E-state index contributed by atoms with van der Waals surface area (Å²) >= 11 is 0. The van der Waals surface area contributed by atoms with Gasteiger partial charge in [0, 0.05) is 0 Å². The zero-order valence-electron chi connectivity index (χ0n) is 17.5. The third kappa shape index (κ3) is 4.88. The van der Waals surface area contributed by atoms with Gasteiger partial charge in [-0.05, 0) is 0 Å². The summed E-state index contributed by atoms with van der Waals surface area (Å²) in [5.41, 5.74) is 0.500. The minimum absolute atomic E-state index is 0.305. The molecule has 0 radical (unpaired) electrons. The van der Waals surface area contributed by atoms with E-state index < -0.39 is 14.9 Å². The van der Waals surface area contributed by atoms with Gasteiger partial charge in [0.1, 0.15) is 0 Å². The van der Waals surface area contributed by atoms with Crippen LogP contribution >= 0.6 is 14.9 Å². The van der Waals surface area contributed by atoms with Crippen LogP contribution in [0.25, 0.3) is 0 Å². The van der Waals surface area contributed by atoms with E-state index >= 15 is 0 Å². The van der Waals surface area contributed by atoms with E-state index in [1.54, 1.807) is 0 Å². The van der Waals surface area contributed by atoms with Gasteiger partial charge in [-0.1, -0.05) is 0 Å². The first-order chi connectivity index (χ1) is 10.2. The third-order valence-electron chi connectivity index (χ3n) is 7.27. The van der Waals surface area contributed by atoms with Crippen LogP contribution in [0.15, 0.2) is 0 Å². The van der Waals surface area contributed by atoms with Gasteiger partial charge in [0.25, 0.3) is 0 Å². The van der Waals surface area contributed by atoms with Gasteiger partial charge in [-0.2, -0.15) is 0 Å². The van der Waals surface area contributed by atoms with Crippen molar-refractivity contribution in [2.75, 3.05) is 5.90 Å². The first kappa shape index (κ1) is 21.8. The molecule has 0 N–H and O–H groups in total. The molecular formula is C19H43BOP2. The maximum absolute atomic E-state index is 13.6. The molecule has 1 unspecified atom stereocenters. The molecule has 1 aliphatic rings. The molecule has 138 valence electrons. The molecule has 1 rings (SSSR count). The van der Waals surface area contributed by atoms with Gasteiger partial charge in [0.15, 0.2) is 0 Å². The van der Waals surface area contributed by atoms with Crippen LogP contribution in [0.1, 0.15) is 81.6 Å². The van der Waals surface area contributed by atoms with Crippen molar-refractivity contribution < 1.29 is 4.57 Å². The molecule has 0 spiro atoms. The standard InChI is InChI=1S/C19H43BOP2/c1-14(2)16-11-10-15(3)12-17(16)22(21)13-23(20,18(4,5)6)19(7,8)9/h14-17,22-23H,10-13,20H2,1-9H3/t15-,16+,17-/m1/s1. The number of hydrogen-bond donors (Lipinski definition) is 0. The van der Waals surface area contributed by atoms with E-state index in [1.165, 1.54) is 19.3 Å². The minimum atomic E-state index is -1.65. The van der Waals surface area contributed by atoms with Gasteiger partial charge in [0.05, 0.1) is 0 Å². The molecule has 0 bridgehead atoms. The summed E-state index contributed by atoms with van der Waals surface area (Å²) in [6.07, 6.45) is 3.84. The van der Waals surface area contributed by atoms with E-state index in [-0.39, 0.29) is 0 Å². The molecule has 0 amide bonds. The average molecular weight is 360 g/mol. The fourth-order valence-electron chi connectivity index (χ4n) is 4.71. The second-order valence-electron chi connectivity index (χ2n) is 10.9. The quantitative estimate of drug-likeness (QED) is 0.453. The van der Waals surface area contributed by atoms with Crippen LogP contribution in [0.2, 0.25) is 0 Å². The number of rotatable bonds is 4. The van der Waals surface area contributed by atoms with Crippen molar-refractivity contribution in [2.45, 2.75) is 97.5 Å². The van der Waals surface area contributed by atoms with Gasteiger partial charge in [0.2, 0.25) is 0 Å². The Bertz CT molecular complexity index is 406. The topological polar surface area (TPSA) is 17.1 Å². The Kier molecular flexibility index (Phi) is 7.13. The van der Waals surface area contributed by atoms with Crippen molar-refractivity contribution in [3.63, 3.8) is 0 Å². The maximum atomic E-state index is 13.6. The summed E-state index contributed by atoms with van der Waals surface area (Å²) in [4.78, 5) is 0. The Hall–Kier alpha value is 0.725. The van der Waals surface area contributed by atoms with Crippen LogP contribution in [0.3, 0.4) is 0 Å². The van der Waals surface area contributed by atoms with Crippen LogP contribution in [0.5, 0.6) is 0 Å². The second-order valence-corrected chi connectivity index (χ2v) is 19.7. The second kappa shape index (κ2) is 7.54. The molecule has 0 heterocycles. The zero-order valence-corrected chi connectivity index (χ0v) is 19.5. The molecule has 23 heavy (non-hydrogen) atoms. The Morgan fingerprint density at radius 3 is 1.96 bits per heavy atom. The summed E-state index contributed by atoms with van der Waals surface area (Å²) in [5, 5.41) is 0.609. The van der Waals surface area contributed by atoms with Crippen LogP contribution in [0.4, 0.5) is 0 Å². The predicted molar refractivity (Wildman–Crippen MR) is 115 cm³/mol. The summed E-state index contributed by atoms with van der Waals surface area (Å²) in [7, 11) is -0.659. The predicted octanol–water partition coefficient (Wildman–Crippen LogP) is 5.86. The van der Waals surface area contributed by atoms with Crippen LogP contribution < -0.4 is 0 Å². The van der Waals surface area contributed by atoms with Crippen molar-refractivity contribution >= 4 is 22.5 Å². The van der Waals surface area contributed by atoms with Crippen molar-refractivity contribution in [2.24, 2.45) is 17.8 Å². The van der Waals surface area contributed by atoms with E-state index in [1.807, 2.05) is 0 Å². The van der Waals surface area contributed by atoms with Crippen LogP contribution in [-0.2, 0) is 4.57 Å². The van der Waals surface area contributed by atoms with E-state index in [4.69, 9.17) is 0 Å². The number of hydrogen-bond acceptors (Lipinski definition) is 1. The third-order valence-corrected chi connectivity index (χ3v) is 19.6. The summed E-state index contributed by atoms with van der Waals surface area (Å²) in [5.74, 6) is 3.18. The van der Waals surface area contributed by atoms with E-state index in [0.717, 1.165) is 11.8 Å². The summed E-state index contributed by atoms with van der Waals surface area (Å²) < 4.78 is 13.6. The van der Waals surface area contributed by atoms with Crippen LogP contribution in [0, 0.1) is 17.8 Å². The van der Waals surface area contributed by atoms with E-state index in [9.17, 15) is 4.57 Å². The molecule has 1 saturated carbocycles. The Morgan fingerprint density at radius 2 is 1.57 bits per heavy atom. The van der Waals surface area contributed by atoms with Gasteiger partial charge < -0.3 is 0 Å². The normalized spacial score (nSPS) is 29.6. The van der Waals surface area contributed by atoms with Gasteiger partial charge in [-0.25, -0.2) is 0 Å². The van der Waals surface area contributed by atoms with Crippen molar-refractivity contribution in [1.82, 2.24) is 0 Å². The summed E-state index contributed by atoms with van der Waals surface area (Å²) in [6, 6.07) is 0. The molecule has 4 heteroatoms. The monoisotopic (exact) mass is 360 g/mol. The van der Waals surface area contributed by atoms with Crippen LogP contribution in [-0.4, -0.2) is 29.4 Å². The van der Waals surface area contributed by atoms with Crippen molar-refractivity contribution in [1.29, 1.82) is 0 Å². The zero-order chi connectivity index (χ0) is 18.2. The van der Waals surface area contributed by atoms with Crippen molar-refractivity contribution in [3.8, 4) is 0 Å². The Labute approximate surface area is 148 Å². The molecule has 1 nitrogen and oxygen atoms in total. The van der Waals surface area contributed by atoms with E-state index in [0.29, 0.717) is 27.8 Å². The molecule has 1 aliphatic carbocycles. The first-order valence-electron chi connectivity index (χ1n) is 9.73. The molecule has 0 aliphatic heterocycles. The van der Waals surface area contributed by atoms with Gasteiger partial charge in [-0.15, -0.1) is 0 Å². The van der Waals surface area contributed by atoms with Gasteiger partial charge >= 0.3 is 148 Å². The van der Waals surface area contributed by atoms with Gasteiger partial charge in [-0.3, -0.25) is 0 Å². The summed E-state index contributed by atoms with van der Waals surface area (Å²) in [6.45, 7) is 21.4. The Morgan fingerprint density at radius 1 is 1.09 bits per heavy atom. The molecule has 0 aromatic carbocycles. The molecule has 0 saturated heterocycles. The molecule has 1 fully saturated rings. The molecule has 0 aromatic rings. The molecule has 0 aromatic heterocycles. The van der Waals surface area contributed by atoms with Crippen molar-refractivity contribution in [3.05, 3.63) is 0 Å². The van der Waals surface area contributed by atoms with E-state index in [2.05, 4.69) is 69.9 Å². The first-order valence-corrected chi connectivity index (χ1v) is 14.1.